The first-order chi connectivity index (χ1) is 4.66. The van der Waals surface area contributed by atoms with Gasteiger partial charge in [-0.15, -0.1) is 0 Å². The quantitative estimate of drug-likeness (QED) is 0.595. The van der Waals surface area contributed by atoms with Crippen LogP contribution in [0.1, 0.15) is 40.0 Å². The van der Waals surface area contributed by atoms with Gasteiger partial charge in [0.05, 0.1) is 0 Å². The van der Waals surface area contributed by atoms with Crippen molar-refractivity contribution in [3.05, 3.63) is 0 Å². The van der Waals surface area contributed by atoms with Crippen LogP contribution in [0.5, 0.6) is 0 Å². The van der Waals surface area contributed by atoms with E-state index in [1.165, 1.54) is 6.42 Å². The molecule has 1 unspecified atom stereocenters. The Hall–Kier alpha value is 0.280. The number of rotatable bonds is 5. The lowest BCUT2D eigenvalue weighted by Gasteiger charge is -2.06. The number of hydrogen-bond donors (Lipinski definition) is 0. The molecule has 0 radical (unpaired) electrons. The van der Waals surface area contributed by atoms with Crippen molar-refractivity contribution in [2.24, 2.45) is 5.92 Å². The van der Waals surface area contributed by atoms with Gasteiger partial charge >= 0.3 is 0 Å². The van der Waals surface area contributed by atoms with Crippen molar-refractivity contribution in [3.63, 3.8) is 0 Å². The van der Waals surface area contributed by atoms with Gasteiger partial charge in [0.1, 0.15) is 0 Å². The summed E-state index contributed by atoms with van der Waals surface area (Å²) in [6.07, 6.45) is 3.40. The monoisotopic (exact) mass is 164 g/mol. The maximum atomic E-state index is 11.8. The second-order valence-electron chi connectivity index (χ2n) is 3.22. The highest BCUT2D eigenvalue weighted by Gasteiger charge is 2.02. The predicted molar refractivity (Wildman–Crippen MR) is 46.9 cm³/mol. The molecule has 0 aliphatic rings. The van der Waals surface area contributed by atoms with Gasteiger partial charge in [0.25, 0.3) is 0 Å². The Labute approximate surface area is 67.9 Å². The molecule has 0 heterocycles. The molecule has 0 spiro atoms. The Morgan fingerprint density at radius 3 is 2.20 bits per heavy atom. The summed E-state index contributed by atoms with van der Waals surface area (Å²) >= 11 is 0.476. The Bertz CT molecular complexity index is 73.7. The van der Waals surface area contributed by atoms with Crippen molar-refractivity contribution in [3.8, 4) is 0 Å². The van der Waals surface area contributed by atoms with Gasteiger partial charge < -0.3 is 0 Å². The molecule has 0 amide bonds. The summed E-state index contributed by atoms with van der Waals surface area (Å²) in [5, 5.41) is 0.193. The van der Waals surface area contributed by atoms with Gasteiger partial charge in [0, 0.05) is 17.4 Å². The molecule has 0 aromatic carbocycles. The van der Waals surface area contributed by atoms with Crippen molar-refractivity contribution in [1.82, 2.24) is 0 Å². The molecule has 10 heavy (non-hydrogen) atoms. The van der Waals surface area contributed by atoms with E-state index in [1.807, 2.05) is 6.92 Å². The van der Waals surface area contributed by atoms with Crippen molar-refractivity contribution in [2.75, 3.05) is 0 Å². The van der Waals surface area contributed by atoms with E-state index in [9.17, 15) is 3.89 Å². The SMILES string of the molecule is CC(C)CCCC(C)SF. The van der Waals surface area contributed by atoms with Gasteiger partial charge in [-0.25, -0.2) is 0 Å². The lowest BCUT2D eigenvalue weighted by Crippen LogP contribution is -1.95. The van der Waals surface area contributed by atoms with Gasteiger partial charge in [-0.1, -0.05) is 33.6 Å². The summed E-state index contributed by atoms with van der Waals surface area (Å²) in [6.45, 7) is 6.34. The summed E-state index contributed by atoms with van der Waals surface area (Å²) in [5.74, 6) is 0.761. The van der Waals surface area contributed by atoms with Crippen LogP contribution in [0.2, 0.25) is 0 Å². The highest BCUT2D eigenvalue weighted by Crippen LogP contribution is 2.18. The first-order valence-corrected chi connectivity index (χ1v) is 4.72. The van der Waals surface area contributed by atoms with Crippen LogP contribution in [0.15, 0.2) is 0 Å². The van der Waals surface area contributed by atoms with Gasteiger partial charge in [-0.2, -0.15) is 3.89 Å². The van der Waals surface area contributed by atoms with E-state index in [4.69, 9.17) is 0 Å². The number of halogens is 1. The summed E-state index contributed by atoms with van der Waals surface area (Å²) in [6, 6.07) is 0. The summed E-state index contributed by atoms with van der Waals surface area (Å²) in [7, 11) is 0. The molecule has 0 rings (SSSR count). The average molecular weight is 164 g/mol. The van der Waals surface area contributed by atoms with E-state index in [2.05, 4.69) is 13.8 Å². The van der Waals surface area contributed by atoms with Crippen molar-refractivity contribution < 1.29 is 3.89 Å². The third-order valence-corrected chi connectivity index (χ3v) is 2.08. The van der Waals surface area contributed by atoms with Crippen LogP contribution in [0, 0.1) is 5.92 Å². The highest BCUT2D eigenvalue weighted by atomic mass is 32.2. The molecule has 0 N–H and O–H groups in total. The molecular weight excluding hydrogens is 147 g/mol. The van der Waals surface area contributed by atoms with Crippen molar-refractivity contribution in [1.29, 1.82) is 0 Å². The molecule has 0 aromatic rings. The zero-order valence-electron chi connectivity index (χ0n) is 7.06. The molecule has 62 valence electrons. The molecule has 0 aliphatic carbocycles. The topological polar surface area (TPSA) is 0 Å². The molecule has 1 atom stereocenters. The average Bonchev–Trinajstić information content (AvgIpc) is 1.87. The minimum absolute atomic E-state index is 0.193. The maximum Gasteiger partial charge on any atom is 0.0474 e. The molecule has 0 bridgehead atoms. The van der Waals surface area contributed by atoms with Crippen molar-refractivity contribution >= 4 is 12.1 Å². The fraction of sp³-hybridized carbons (Fsp3) is 1.00. The summed E-state index contributed by atoms with van der Waals surface area (Å²) < 4.78 is 11.8. The first kappa shape index (κ1) is 10.3. The van der Waals surface area contributed by atoms with Crippen LogP contribution >= 0.6 is 12.1 Å². The van der Waals surface area contributed by atoms with E-state index in [1.54, 1.807) is 0 Å². The van der Waals surface area contributed by atoms with Gasteiger partial charge in [-0.3, -0.25) is 0 Å². The zero-order chi connectivity index (χ0) is 7.98. The Balaban J connectivity index is 3.03. The maximum absolute atomic E-state index is 11.8. The molecule has 0 fully saturated rings. The normalized spacial score (nSPS) is 14.1. The standard InChI is InChI=1S/C8H17FS/c1-7(2)5-4-6-8(3)10-9/h7-8H,4-6H2,1-3H3. The molecule has 0 aromatic heterocycles. The molecule has 2 heteroatoms. The fourth-order valence-corrected chi connectivity index (χ4v) is 1.11. The third-order valence-electron chi connectivity index (χ3n) is 1.54. The Morgan fingerprint density at radius 1 is 1.20 bits per heavy atom. The lowest BCUT2D eigenvalue weighted by molar-refractivity contribution is 0.536. The number of hydrogen-bond acceptors (Lipinski definition) is 1. The van der Waals surface area contributed by atoms with Crippen LogP contribution in [-0.4, -0.2) is 5.25 Å². The van der Waals surface area contributed by atoms with Crippen LogP contribution in [0.3, 0.4) is 0 Å². The van der Waals surface area contributed by atoms with Crippen LogP contribution in [0.25, 0.3) is 0 Å². The van der Waals surface area contributed by atoms with Crippen LogP contribution < -0.4 is 0 Å². The molecule has 0 nitrogen and oxygen atoms in total. The summed E-state index contributed by atoms with van der Waals surface area (Å²) in [5.41, 5.74) is 0. The van der Waals surface area contributed by atoms with Gasteiger partial charge in [0.2, 0.25) is 0 Å². The van der Waals surface area contributed by atoms with Crippen LogP contribution in [-0.2, 0) is 0 Å². The summed E-state index contributed by atoms with van der Waals surface area (Å²) in [4.78, 5) is 0. The zero-order valence-corrected chi connectivity index (χ0v) is 7.88. The highest BCUT2D eigenvalue weighted by molar-refractivity contribution is 7.94. The van der Waals surface area contributed by atoms with Gasteiger partial charge in [0.15, 0.2) is 0 Å². The van der Waals surface area contributed by atoms with E-state index < -0.39 is 0 Å². The van der Waals surface area contributed by atoms with E-state index in [0.29, 0.717) is 12.1 Å². The van der Waals surface area contributed by atoms with Gasteiger partial charge in [-0.05, 0) is 12.3 Å². The fourth-order valence-electron chi connectivity index (χ4n) is 0.858. The van der Waals surface area contributed by atoms with Crippen molar-refractivity contribution in [2.45, 2.75) is 45.3 Å². The third kappa shape index (κ3) is 6.40. The minimum atomic E-state index is 0.193. The van der Waals surface area contributed by atoms with E-state index in [-0.39, 0.29) is 5.25 Å². The van der Waals surface area contributed by atoms with Crippen LogP contribution in [0.4, 0.5) is 3.89 Å². The minimum Gasteiger partial charge on any atom is -0.165 e. The van der Waals surface area contributed by atoms with E-state index >= 15 is 0 Å². The lowest BCUT2D eigenvalue weighted by atomic mass is 10.1. The molecule has 0 saturated carbocycles. The largest absolute Gasteiger partial charge is 0.165 e. The molecular formula is C8H17FS. The second kappa shape index (κ2) is 6.02. The predicted octanol–water partition coefficient (Wildman–Crippen LogP) is 3.82. The smallest absolute Gasteiger partial charge is 0.0474 e. The van der Waals surface area contributed by atoms with E-state index in [0.717, 1.165) is 18.8 Å². The Kier molecular flexibility index (Phi) is 6.19. The first-order valence-electron chi connectivity index (χ1n) is 3.94. The Morgan fingerprint density at radius 2 is 1.80 bits per heavy atom. The second-order valence-corrected chi connectivity index (χ2v) is 4.21. The molecule has 0 saturated heterocycles. The molecule has 0 aliphatic heterocycles.